The van der Waals surface area contributed by atoms with E-state index < -0.39 is 0 Å². The number of benzene rings is 2. The summed E-state index contributed by atoms with van der Waals surface area (Å²) in [6.45, 7) is 2.60. The number of aryl methyl sites for hydroxylation is 1. The lowest BCUT2D eigenvalue weighted by Gasteiger charge is -2.11. The number of carbonyl (C=O) groups excluding carboxylic acids is 1. The molecule has 2 aromatic carbocycles. The Labute approximate surface area is 199 Å². The summed E-state index contributed by atoms with van der Waals surface area (Å²) in [6.07, 6.45) is 5.45. The molecule has 0 atom stereocenters. The van der Waals surface area contributed by atoms with E-state index in [1.165, 1.54) is 0 Å². The van der Waals surface area contributed by atoms with Crippen LogP contribution in [-0.4, -0.2) is 30.5 Å². The van der Waals surface area contributed by atoms with Crippen molar-refractivity contribution in [1.82, 2.24) is 24.5 Å². The molecule has 5 aromatic rings. The Morgan fingerprint density at radius 2 is 1.91 bits per heavy atom. The Kier molecular flexibility index (Phi) is 5.51. The van der Waals surface area contributed by atoms with Crippen LogP contribution in [0.2, 0.25) is 0 Å². The van der Waals surface area contributed by atoms with Crippen LogP contribution in [0, 0.1) is 6.92 Å². The zero-order valence-corrected chi connectivity index (χ0v) is 19.7. The number of amides is 1. The van der Waals surface area contributed by atoms with Crippen molar-refractivity contribution in [2.45, 2.75) is 13.5 Å². The highest BCUT2D eigenvalue weighted by Crippen LogP contribution is 2.27. The van der Waals surface area contributed by atoms with Crippen molar-refractivity contribution < 1.29 is 4.79 Å². The molecule has 0 saturated heterocycles. The fourth-order valence-electron chi connectivity index (χ4n) is 3.81. The van der Waals surface area contributed by atoms with Crippen molar-refractivity contribution in [3.63, 3.8) is 0 Å². The van der Waals surface area contributed by atoms with Gasteiger partial charge in [0.2, 0.25) is 0 Å². The first-order chi connectivity index (χ1) is 16.0. The summed E-state index contributed by atoms with van der Waals surface area (Å²) < 4.78 is 4.57. The Morgan fingerprint density at radius 3 is 2.67 bits per heavy atom. The topological polar surface area (TPSA) is 77.6 Å². The van der Waals surface area contributed by atoms with E-state index in [0.717, 1.165) is 43.6 Å². The molecule has 0 bridgehead atoms. The van der Waals surface area contributed by atoms with Gasteiger partial charge in [0, 0.05) is 35.6 Å². The van der Waals surface area contributed by atoms with Crippen LogP contribution in [0.5, 0.6) is 0 Å². The Bertz CT molecular complexity index is 1490. The van der Waals surface area contributed by atoms with E-state index in [1.54, 1.807) is 17.1 Å². The van der Waals surface area contributed by atoms with Gasteiger partial charge in [0.05, 0.1) is 40.2 Å². The van der Waals surface area contributed by atoms with Gasteiger partial charge in [-0.3, -0.25) is 14.2 Å². The summed E-state index contributed by atoms with van der Waals surface area (Å²) >= 11 is 3.42. The number of fused-ring (bicyclic) bond motifs is 1. The molecule has 8 heteroatoms. The highest BCUT2D eigenvalue weighted by Gasteiger charge is 2.16. The standard InChI is InChI=1S/C25H21BrN6O/c1-16-22(13-27-31(16)2)24-11-21(20-8-3-4-9-23(20)30-24)25(33)29-19-7-5-6-17(10-19)14-32-15-18(26)12-28-32/h3-13,15H,14H2,1-2H3,(H,29,33). The molecule has 0 aliphatic carbocycles. The third-order valence-electron chi connectivity index (χ3n) is 5.60. The molecule has 5 rings (SSSR count). The number of carbonyl (C=O) groups is 1. The highest BCUT2D eigenvalue weighted by atomic mass is 79.9. The van der Waals surface area contributed by atoms with Crippen molar-refractivity contribution in [3.8, 4) is 11.3 Å². The minimum Gasteiger partial charge on any atom is -0.322 e. The van der Waals surface area contributed by atoms with Gasteiger partial charge in [-0.1, -0.05) is 30.3 Å². The molecular weight excluding hydrogens is 480 g/mol. The third kappa shape index (κ3) is 4.29. The van der Waals surface area contributed by atoms with Crippen molar-refractivity contribution in [1.29, 1.82) is 0 Å². The highest BCUT2D eigenvalue weighted by molar-refractivity contribution is 9.10. The fourth-order valence-corrected chi connectivity index (χ4v) is 4.14. The van der Waals surface area contributed by atoms with Gasteiger partial charge >= 0.3 is 0 Å². The summed E-state index contributed by atoms with van der Waals surface area (Å²) in [5.41, 5.74) is 5.72. The molecule has 1 amide bonds. The van der Waals surface area contributed by atoms with Crippen LogP contribution in [-0.2, 0) is 13.6 Å². The van der Waals surface area contributed by atoms with E-state index in [-0.39, 0.29) is 5.91 Å². The van der Waals surface area contributed by atoms with Crippen LogP contribution in [0.1, 0.15) is 21.6 Å². The monoisotopic (exact) mass is 500 g/mol. The number of hydrogen-bond donors (Lipinski definition) is 1. The van der Waals surface area contributed by atoms with Crippen molar-refractivity contribution >= 4 is 38.4 Å². The number of nitrogens with one attached hydrogen (secondary N) is 1. The molecule has 7 nitrogen and oxygen atoms in total. The SMILES string of the molecule is Cc1c(-c2cc(C(=O)Nc3cccc(Cn4cc(Br)cn4)c3)c3ccccc3n2)cnn1C. The van der Waals surface area contributed by atoms with Crippen LogP contribution in [0.25, 0.3) is 22.2 Å². The van der Waals surface area contributed by atoms with Crippen LogP contribution in [0.4, 0.5) is 5.69 Å². The third-order valence-corrected chi connectivity index (χ3v) is 6.01. The summed E-state index contributed by atoms with van der Waals surface area (Å²) in [5, 5.41) is 12.5. The maximum Gasteiger partial charge on any atom is 0.256 e. The number of hydrogen-bond acceptors (Lipinski definition) is 4. The zero-order chi connectivity index (χ0) is 22.9. The molecule has 0 spiro atoms. The largest absolute Gasteiger partial charge is 0.322 e. The summed E-state index contributed by atoms with van der Waals surface area (Å²) in [7, 11) is 1.89. The van der Waals surface area contributed by atoms with Gasteiger partial charge in [-0.25, -0.2) is 4.98 Å². The number of halogens is 1. The van der Waals surface area contributed by atoms with E-state index in [2.05, 4.69) is 31.4 Å². The van der Waals surface area contributed by atoms with E-state index in [1.807, 2.05) is 79.4 Å². The van der Waals surface area contributed by atoms with Crippen molar-refractivity contribution in [3.05, 3.63) is 94.5 Å². The maximum atomic E-state index is 13.4. The second-order valence-corrected chi connectivity index (χ2v) is 8.77. The minimum atomic E-state index is -0.185. The normalized spacial score (nSPS) is 11.1. The first-order valence-corrected chi connectivity index (χ1v) is 11.2. The van der Waals surface area contributed by atoms with Gasteiger partial charge in [0.25, 0.3) is 5.91 Å². The molecule has 3 heterocycles. The second kappa shape index (κ2) is 8.63. The molecule has 0 fully saturated rings. The second-order valence-electron chi connectivity index (χ2n) is 7.85. The van der Waals surface area contributed by atoms with Crippen LogP contribution >= 0.6 is 15.9 Å². The molecule has 0 aliphatic rings. The Hall–Kier alpha value is -3.78. The lowest BCUT2D eigenvalue weighted by atomic mass is 10.0. The molecule has 0 unspecified atom stereocenters. The molecular formula is C25H21BrN6O. The predicted octanol–water partition coefficient (Wildman–Crippen LogP) is 5.20. The van der Waals surface area contributed by atoms with Gasteiger partial charge in [0.1, 0.15) is 0 Å². The zero-order valence-electron chi connectivity index (χ0n) is 18.2. The molecule has 0 aliphatic heterocycles. The number of rotatable bonds is 5. The first kappa shape index (κ1) is 21.1. The van der Waals surface area contributed by atoms with E-state index in [9.17, 15) is 4.79 Å². The number of pyridine rings is 1. The maximum absolute atomic E-state index is 13.4. The fraction of sp³-hybridized carbons (Fsp3) is 0.120. The van der Waals surface area contributed by atoms with Crippen LogP contribution < -0.4 is 5.32 Å². The van der Waals surface area contributed by atoms with Gasteiger partial charge < -0.3 is 5.32 Å². The lowest BCUT2D eigenvalue weighted by molar-refractivity contribution is 0.102. The molecule has 0 radical (unpaired) electrons. The van der Waals surface area contributed by atoms with Gasteiger partial charge in [0.15, 0.2) is 0 Å². The van der Waals surface area contributed by atoms with Crippen molar-refractivity contribution in [2.75, 3.05) is 5.32 Å². The van der Waals surface area contributed by atoms with E-state index in [4.69, 9.17) is 4.98 Å². The number of aromatic nitrogens is 5. The molecule has 164 valence electrons. The number of nitrogens with zero attached hydrogens (tertiary/aromatic N) is 5. The summed E-state index contributed by atoms with van der Waals surface area (Å²) in [6, 6.07) is 17.3. The number of anilines is 1. The van der Waals surface area contributed by atoms with Crippen molar-refractivity contribution in [2.24, 2.45) is 7.05 Å². The first-order valence-electron chi connectivity index (χ1n) is 10.4. The van der Waals surface area contributed by atoms with Gasteiger partial charge in [-0.2, -0.15) is 10.2 Å². The Balaban J connectivity index is 1.48. The van der Waals surface area contributed by atoms with E-state index in [0.29, 0.717) is 12.1 Å². The smallest absolute Gasteiger partial charge is 0.256 e. The van der Waals surface area contributed by atoms with E-state index >= 15 is 0 Å². The summed E-state index contributed by atoms with van der Waals surface area (Å²) in [5.74, 6) is -0.185. The quantitative estimate of drug-likeness (QED) is 0.359. The van der Waals surface area contributed by atoms with Crippen LogP contribution in [0.15, 0.2) is 77.7 Å². The Morgan fingerprint density at radius 1 is 1.06 bits per heavy atom. The molecule has 0 saturated carbocycles. The number of para-hydroxylation sites is 1. The average Bonchev–Trinajstić information content (AvgIpc) is 3.37. The minimum absolute atomic E-state index is 0.185. The molecule has 1 N–H and O–H groups in total. The van der Waals surface area contributed by atoms with Gasteiger partial charge in [-0.05, 0) is 52.7 Å². The average molecular weight is 501 g/mol. The van der Waals surface area contributed by atoms with Crippen LogP contribution in [0.3, 0.4) is 0 Å². The predicted molar refractivity (Wildman–Crippen MR) is 132 cm³/mol. The summed E-state index contributed by atoms with van der Waals surface area (Å²) in [4.78, 5) is 18.2. The molecule has 3 aromatic heterocycles. The molecule has 33 heavy (non-hydrogen) atoms. The lowest BCUT2D eigenvalue weighted by Crippen LogP contribution is -2.13. The van der Waals surface area contributed by atoms with Gasteiger partial charge in [-0.15, -0.1) is 0 Å².